The van der Waals surface area contributed by atoms with Crippen LogP contribution in [0.1, 0.15) is 24.0 Å². The Morgan fingerprint density at radius 1 is 1.39 bits per heavy atom. The fourth-order valence-electron chi connectivity index (χ4n) is 2.63. The van der Waals surface area contributed by atoms with Gasteiger partial charge in [-0.25, -0.2) is 0 Å². The number of hydrogen-bond acceptors (Lipinski definition) is 3. The zero-order valence-corrected chi connectivity index (χ0v) is 13.2. The molecule has 1 unspecified atom stereocenters. The van der Waals surface area contributed by atoms with Gasteiger partial charge in [0.05, 0.1) is 12.6 Å². The summed E-state index contributed by atoms with van der Waals surface area (Å²) in [4.78, 5) is 14.3. The molecule has 1 N–H and O–H groups in total. The Bertz CT molecular complexity index is 656. The predicted octanol–water partition coefficient (Wildman–Crippen LogP) is 2.94. The number of hydrogen-bond donors (Lipinski definition) is 1. The first-order valence-corrected chi connectivity index (χ1v) is 7.90. The molecule has 0 spiro atoms. The minimum absolute atomic E-state index is 0.0865. The third-order valence-electron chi connectivity index (χ3n) is 3.93. The molecule has 23 heavy (non-hydrogen) atoms. The highest BCUT2D eigenvalue weighted by Gasteiger charge is 2.23. The molecule has 3 rings (SSSR count). The van der Waals surface area contributed by atoms with Gasteiger partial charge in [0, 0.05) is 24.9 Å². The average Bonchev–Trinajstić information content (AvgIpc) is 3.25. The number of anilines is 1. The summed E-state index contributed by atoms with van der Waals surface area (Å²) in [7, 11) is 0. The van der Waals surface area contributed by atoms with E-state index in [2.05, 4.69) is 10.2 Å². The zero-order chi connectivity index (χ0) is 16.1. The van der Waals surface area contributed by atoms with Crippen molar-refractivity contribution in [2.24, 2.45) is 0 Å². The van der Waals surface area contributed by atoms with Crippen molar-refractivity contribution in [3.05, 3.63) is 53.7 Å². The lowest BCUT2D eigenvalue weighted by Gasteiger charge is -2.22. The van der Waals surface area contributed by atoms with Gasteiger partial charge in [0.15, 0.2) is 5.82 Å². The number of carbonyl (C=O) groups excluding carboxylic acids is 1. The number of aromatic amines is 1. The minimum Gasteiger partial charge on any atom is -0.376 e. The second-order valence-electron chi connectivity index (χ2n) is 5.76. The number of aromatic nitrogens is 2. The number of rotatable bonds is 5. The second kappa shape index (κ2) is 7.24. The SMILES string of the molecule is Cc1ccc(C=CC(=O)N(CC2CCCO2)c2cc[nH]n2)cc1. The van der Waals surface area contributed by atoms with E-state index >= 15 is 0 Å². The van der Waals surface area contributed by atoms with Crippen molar-refractivity contribution in [3.63, 3.8) is 0 Å². The summed E-state index contributed by atoms with van der Waals surface area (Å²) in [6.45, 7) is 3.34. The van der Waals surface area contributed by atoms with E-state index in [0.717, 1.165) is 25.0 Å². The van der Waals surface area contributed by atoms with Gasteiger partial charge in [0.2, 0.25) is 0 Å². The molecular weight excluding hydrogens is 290 g/mol. The number of amides is 1. The molecule has 1 aliphatic heterocycles. The maximum atomic E-state index is 12.6. The van der Waals surface area contributed by atoms with Crippen molar-refractivity contribution in [2.45, 2.75) is 25.9 Å². The van der Waals surface area contributed by atoms with Crippen molar-refractivity contribution < 1.29 is 9.53 Å². The minimum atomic E-state index is -0.0897. The molecule has 120 valence electrons. The summed E-state index contributed by atoms with van der Waals surface area (Å²) >= 11 is 0. The number of nitrogens with one attached hydrogen (secondary N) is 1. The zero-order valence-electron chi connectivity index (χ0n) is 13.2. The molecule has 2 heterocycles. The van der Waals surface area contributed by atoms with Crippen LogP contribution in [0.25, 0.3) is 6.08 Å². The summed E-state index contributed by atoms with van der Waals surface area (Å²) < 4.78 is 5.65. The Morgan fingerprint density at radius 2 is 2.22 bits per heavy atom. The first-order valence-electron chi connectivity index (χ1n) is 7.90. The van der Waals surface area contributed by atoms with Crippen LogP contribution in [0.2, 0.25) is 0 Å². The van der Waals surface area contributed by atoms with Gasteiger partial charge in [-0.3, -0.25) is 14.8 Å². The average molecular weight is 311 g/mol. The molecule has 1 amide bonds. The van der Waals surface area contributed by atoms with Crippen LogP contribution in [0.4, 0.5) is 5.82 Å². The number of nitrogens with zero attached hydrogens (tertiary/aromatic N) is 2. The number of benzene rings is 1. The van der Waals surface area contributed by atoms with Gasteiger partial charge in [0.1, 0.15) is 0 Å². The first-order chi connectivity index (χ1) is 11.2. The molecule has 1 saturated heterocycles. The Kier molecular flexibility index (Phi) is 4.88. The van der Waals surface area contributed by atoms with E-state index in [4.69, 9.17) is 4.74 Å². The number of ether oxygens (including phenoxy) is 1. The Labute approximate surface area is 136 Å². The predicted molar refractivity (Wildman–Crippen MR) is 90.1 cm³/mol. The summed E-state index contributed by atoms with van der Waals surface area (Å²) in [5.41, 5.74) is 2.20. The lowest BCUT2D eigenvalue weighted by molar-refractivity contribution is -0.114. The molecule has 5 heteroatoms. The van der Waals surface area contributed by atoms with Crippen LogP contribution in [0.15, 0.2) is 42.6 Å². The molecule has 1 atom stereocenters. The van der Waals surface area contributed by atoms with Gasteiger partial charge in [-0.1, -0.05) is 29.8 Å². The third kappa shape index (κ3) is 4.07. The molecule has 0 aliphatic carbocycles. The summed E-state index contributed by atoms with van der Waals surface area (Å²) in [5, 5.41) is 6.90. The summed E-state index contributed by atoms with van der Waals surface area (Å²) in [6, 6.07) is 9.85. The molecule has 5 nitrogen and oxygen atoms in total. The molecular formula is C18H21N3O2. The lowest BCUT2D eigenvalue weighted by Crippen LogP contribution is -2.36. The van der Waals surface area contributed by atoms with Gasteiger partial charge < -0.3 is 4.74 Å². The molecule has 2 aromatic rings. The number of carbonyl (C=O) groups is 1. The largest absolute Gasteiger partial charge is 0.376 e. The van der Waals surface area contributed by atoms with Crippen LogP contribution in [0.3, 0.4) is 0 Å². The van der Waals surface area contributed by atoms with Gasteiger partial charge in [-0.05, 0) is 31.4 Å². The summed E-state index contributed by atoms with van der Waals surface area (Å²) in [6.07, 6.45) is 7.26. The van der Waals surface area contributed by atoms with Crippen LogP contribution in [0.5, 0.6) is 0 Å². The topological polar surface area (TPSA) is 58.2 Å². The normalized spacial score (nSPS) is 17.7. The van der Waals surface area contributed by atoms with E-state index in [-0.39, 0.29) is 12.0 Å². The fraction of sp³-hybridized carbons (Fsp3) is 0.333. The second-order valence-corrected chi connectivity index (χ2v) is 5.76. The van der Waals surface area contributed by atoms with Gasteiger partial charge in [-0.15, -0.1) is 0 Å². The molecule has 1 aromatic carbocycles. The molecule has 0 saturated carbocycles. The molecule has 1 aliphatic rings. The lowest BCUT2D eigenvalue weighted by atomic mass is 10.1. The van der Waals surface area contributed by atoms with Crippen LogP contribution in [-0.4, -0.2) is 35.4 Å². The fourth-order valence-corrected chi connectivity index (χ4v) is 2.63. The van der Waals surface area contributed by atoms with E-state index < -0.39 is 0 Å². The number of aryl methyl sites for hydroxylation is 1. The van der Waals surface area contributed by atoms with Gasteiger partial charge >= 0.3 is 0 Å². The standard InChI is InChI=1S/C18H21N3O2/c1-14-4-6-15(7-5-14)8-9-18(22)21(17-10-11-19-20-17)13-16-3-2-12-23-16/h4-11,16H,2-3,12-13H2,1H3,(H,19,20). The monoisotopic (exact) mass is 311 g/mol. The van der Waals surface area contributed by atoms with Crippen LogP contribution >= 0.6 is 0 Å². The quantitative estimate of drug-likeness (QED) is 0.864. The smallest absolute Gasteiger partial charge is 0.252 e. The van der Waals surface area contributed by atoms with E-state index in [1.165, 1.54) is 5.56 Å². The van der Waals surface area contributed by atoms with Crippen molar-refractivity contribution in [3.8, 4) is 0 Å². The van der Waals surface area contributed by atoms with Crippen molar-refractivity contribution in [2.75, 3.05) is 18.1 Å². The van der Waals surface area contributed by atoms with Gasteiger partial charge in [-0.2, -0.15) is 5.10 Å². The van der Waals surface area contributed by atoms with E-state index in [1.54, 1.807) is 23.2 Å². The molecule has 0 bridgehead atoms. The van der Waals surface area contributed by atoms with Crippen molar-refractivity contribution in [1.82, 2.24) is 10.2 Å². The van der Waals surface area contributed by atoms with Crippen LogP contribution < -0.4 is 4.90 Å². The highest BCUT2D eigenvalue weighted by Crippen LogP contribution is 2.18. The first kappa shape index (κ1) is 15.5. The Hall–Kier alpha value is -2.40. The maximum Gasteiger partial charge on any atom is 0.252 e. The van der Waals surface area contributed by atoms with E-state index in [1.807, 2.05) is 37.3 Å². The number of H-pyrrole nitrogens is 1. The van der Waals surface area contributed by atoms with E-state index in [9.17, 15) is 4.79 Å². The molecule has 1 fully saturated rings. The Morgan fingerprint density at radius 3 is 2.87 bits per heavy atom. The highest BCUT2D eigenvalue weighted by molar-refractivity contribution is 6.03. The highest BCUT2D eigenvalue weighted by atomic mass is 16.5. The third-order valence-corrected chi connectivity index (χ3v) is 3.93. The molecule has 0 radical (unpaired) electrons. The Balaban J connectivity index is 1.72. The van der Waals surface area contributed by atoms with Crippen LogP contribution in [0, 0.1) is 6.92 Å². The van der Waals surface area contributed by atoms with Crippen molar-refractivity contribution in [1.29, 1.82) is 0 Å². The van der Waals surface area contributed by atoms with Crippen molar-refractivity contribution >= 4 is 17.8 Å². The molecule has 1 aromatic heterocycles. The maximum absolute atomic E-state index is 12.6. The van der Waals surface area contributed by atoms with E-state index in [0.29, 0.717) is 12.4 Å². The summed E-state index contributed by atoms with van der Waals surface area (Å²) in [5.74, 6) is 0.534. The van der Waals surface area contributed by atoms with Gasteiger partial charge in [0.25, 0.3) is 5.91 Å². The van der Waals surface area contributed by atoms with Crippen LogP contribution in [-0.2, 0) is 9.53 Å².